The maximum Gasteiger partial charge on any atom is 0.252 e. The van der Waals surface area contributed by atoms with Crippen molar-refractivity contribution in [3.8, 4) is 0 Å². The maximum atomic E-state index is 12.7. The van der Waals surface area contributed by atoms with Crippen LogP contribution in [0.3, 0.4) is 0 Å². The van der Waals surface area contributed by atoms with Gasteiger partial charge in [0.05, 0.1) is 0 Å². The summed E-state index contributed by atoms with van der Waals surface area (Å²) in [7, 11) is 0. The van der Waals surface area contributed by atoms with E-state index in [1.54, 1.807) is 0 Å². The van der Waals surface area contributed by atoms with Crippen LogP contribution in [0.1, 0.15) is 69.6 Å². The lowest BCUT2D eigenvalue weighted by molar-refractivity contribution is -0.145. The number of aromatic nitrogens is 2. The van der Waals surface area contributed by atoms with Crippen LogP contribution in [0.4, 0.5) is 0 Å². The average Bonchev–Trinajstić information content (AvgIpc) is 3.24. The molecule has 2 saturated heterocycles. The molecule has 2 atom stereocenters. The molecule has 0 spiro atoms. The molecule has 2 fully saturated rings. The number of unbranched alkanes of at least 4 members (excludes halogenated alkanes) is 1. The Morgan fingerprint density at radius 1 is 1.32 bits per heavy atom. The predicted octanol–water partition coefficient (Wildman–Crippen LogP) is 2.64. The third kappa shape index (κ3) is 3.32. The molecule has 122 valence electrons. The topological polar surface area (TPSA) is 68.5 Å². The van der Waals surface area contributed by atoms with Crippen LogP contribution >= 0.6 is 0 Å². The number of aryl methyl sites for hydroxylation is 1. The largest absolute Gasteiger partial charge is 0.368 e. The number of amides is 1. The van der Waals surface area contributed by atoms with Gasteiger partial charge in [-0.2, -0.15) is 4.98 Å². The first-order valence-corrected chi connectivity index (χ1v) is 8.54. The van der Waals surface area contributed by atoms with Crippen molar-refractivity contribution >= 4 is 5.91 Å². The van der Waals surface area contributed by atoms with Gasteiger partial charge in [0.2, 0.25) is 5.89 Å². The van der Waals surface area contributed by atoms with Crippen LogP contribution in [0.25, 0.3) is 0 Å². The molecule has 1 aromatic rings. The highest BCUT2D eigenvalue weighted by Crippen LogP contribution is 2.32. The lowest BCUT2D eigenvalue weighted by Crippen LogP contribution is -2.44. The summed E-state index contributed by atoms with van der Waals surface area (Å²) in [6.07, 6.45) is 7.55. The second kappa shape index (κ2) is 7.22. The van der Waals surface area contributed by atoms with Crippen molar-refractivity contribution in [2.75, 3.05) is 13.2 Å². The molecule has 0 aromatic carbocycles. The van der Waals surface area contributed by atoms with Gasteiger partial charge in [0, 0.05) is 19.6 Å². The molecular formula is C16H25N3O3. The van der Waals surface area contributed by atoms with Crippen molar-refractivity contribution in [3.63, 3.8) is 0 Å². The number of hydrogen-bond donors (Lipinski definition) is 0. The Labute approximate surface area is 131 Å². The number of hydrogen-bond acceptors (Lipinski definition) is 5. The fraction of sp³-hybridized carbons (Fsp3) is 0.812. The zero-order valence-corrected chi connectivity index (χ0v) is 13.3. The van der Waals surface area contributed by atoms with Crippen LogP contribution in [-0.4, -0.2) is 40.2 Å². The molecule has 0 aliphatic carbocycles. The third-order valence-corrected chi connectivity index (χ3v) is 4.51. The molecule has 0 radical (unpaired) electrons. The van der Waals surface area contributed by atoms with E-state index < -0.39 is 0 Å². The summed E-state index contributed by atoms with van der Waals surface area (Å²) in [6.45, 7) is 3.59. The SMILES string of the molecule is CCCCc1noc([C@@H]2CCCCN2C(=O)[C@H]2CCCO2)n1. The molecule has 1 amide bonds. The predicted molar refractivity (Wildman–Crippen MR) is 80.2 cm³/mol. The summed E-state index contributed by atoms with van der Waals surface area (Å²) in [5.74, 6) is 1.44. The van der Waals surface area contributed by atoms with Crippen LogP contribution in [0.15, 0.2) is 4.52 Å². The van der Waals surface area contributed by atoms with Crippen molar-refractivity contribution in [1.82, 2.24) is 15.0 Å². The summed E-state index contributed by atoms with van der Waals surface area (Å²) < 4.78 is 11.0. The molecule has 0 bridgehead atoms. The molecule has 6 heteroatoms. The quantitative estimate of drug-likeness (QED) is 0.836. The minimum Gasteiger partial charge on any atom is -0.368 e. The summed E-state index contributed by atoms with van der Waals surface area (Å²) in [6, 6.07) is -0.0756. The molecule has 22 heavy (non-hydrogen) atoms. The molecule has 0 unspecified atom stereocenters. The lowest BCUT2D eigenvalue weighted by Gasteiger charge is -2.34. The van der Waals surface area contributed by atoms with E-state index in [0.29, 0.717) is 12.5 Å². The van der Waals surface area contributed by atoms with Gasteiger partial charge in [0.25, 0.3) is 5.91 Å². The molecular weight excluding hydrogens is 282 g/mol. The van der Waals surface area contributed by atoms with Gasteiger partial charge in [-0.05, 0) is 38.5 Å². The number of ether oxygens (including phenoxy) is 1. The van der Waals surface area contributed by atoms with Gasteiger partial charge in [0.15, 0.2) is 5.82 Å². The molecule has 0 saturated carbocycles. The Hall–Kier alpha value is -1.43. The Morgan fingerprint density at radius 3 is 3.00 bits per heavy atom. The Kier molecular flexibility index (Phi) is 5.08. The van der Waals surface area contributed by atoms with E-state index in [1.807, 2.05) is 4.90 Å². The fourth-order valence-corrected chi connectivity index (χ4v) is 3.25. The molecule has 2 aliphatic rings. The number of nitrogens with zero attached hydrogens (tertiary/aromatic N) is 3. The maximum absolute atomic E-state index is 12.7. The lowest BCUT2D eigenvalue weighted by atomic mass is 10.0. The molecule has 0 N–H and O–H groups in total. The van der Waals surface area contributed by atoms with Gasteiger partial charge in [-0.3, -0.25) is 4.79 Å². The summed E-state index contributed by atoms with van der Waals surface area (Å²) in [5.41, 5.74) is 0. The number of rotatable bonds is 5. The molecule has 3 rings (SSSR count). The van der Waals surface area contributed by atoms with E-state index in [1.165, 1.54) is 0 Å². The highest BCUT2D eigenvalue weighted by atomic mass is 16.5. The highest BCUT2D eigenvalue weighted by Gasteiger charge is 2.36. The second-order valence-corrected chi connectivity index (χ2v) is 6.20. The number of piperidine rings is 1. The van der Waals surface area contributed by atoms with Crippen LogP contribution in [0.5, 0.6) is 0 Å². The Balaban J connectivity index is 1.71. The number of carbonyl (C=O) groups is 1. The second-order valence-electron chi connectivity index (χ2n) is 6.20. The Bertz CT molecular complexity index is 497. The fourth-order valence-electron chi connectivity index (χ4n) is 3.25. The molecule has 2 aliphatic heterocycles. The van der Waals surface area contributed by atoms with E-state index >= 15 is 0 Å². The van der Waals surface area contributed by atoms with Crippen LogP contribution in [0.2, 0.25) is 0 Å². The summed E-state index contributed by atoms with van der Waals surface area (Å²) >= 11 is 0. The van der Waals surface area contributed by atoms with Crippen LogP contribution in [-0.2, 0) is 16.0 Å². The minimum atomic E-state index is -0.275. The normalized spacial score (nSPS) is 25.6. The van der Waals surface area contributed by atoms with Crippen molar-refractivity contribution < 1.29 is 14.1 Å². The Morgan fingerprint density at radius 2 is 2.23 bits per heavy atom. The zero-order valence-electron chi connectivity index (χ0n) is 13.3. The molecule has 1 aromatic heterocycles. The third-order valence-electron chi connectivity index (χ3n) is 4.51. The van der Waals surface area contributed by atoms with E-state index in [9.17, 15) is 4.79 Å². The van der Waals surface area contributed by atoms with Gasteiger partial charge in [0.1, 0.15) is 12.1 Å². The van der Waals surface area contributed by atoms with E-state index in [4.69, 9.17) is 9.26 Å². The van der Waals surface area contributed by atoms with E-state index in [0.717, 1.165) is 63.7 Å². The van der Waals surface area contributed by atoms with Crippen LogP contribution < -0.4 is 0 Å². The first kappa shape index (κ1) is 15.5. The van der Waals surface area contributed by atoms with Crippen LogP contribution in [0, 0.1) is 0 Å². The highest BCUT2D eigenvalue weighted by molar-refractivity contribution is 5.81. The molecule has 6 nitrogen and oxygen atoms in total. The van der Waals surface area contributed by atoms with Gasteiger partial charge in [-0.15, -0.1) is 0 Å². The molecule has 3 heterocycles. The smallest absolute Gasteiger partial charge is 0.252 e. The number of likely N-dealkylation sites (tertiary alicyclic amines) is 1. The standard InChI is InChI=1S/C16H25N3O3/c1-2-3-9-14-17-15(22-18-14)12-7-4-5-10-19(12)16(20)13-8-6-11-21-13/h12-13H,2-11H2,1H3/t12-,13+/m0/s1. The van der Waals surface area contributed by atoms with Gasteiger partial charge in [-0.1, -0.05) is 18.5 Å². The van der Waals surface area contributed by atoms with Crippen molar-refractivity contribution in [1.29, 1.82) is 0 Å². The average molecular weight is 307 g/mol. The van der Waals surface area contributed by atoms with E-state index in [-0.39, 0.29) is 18.1 Å². The first-order chi connectivity index (χ1) is 10.8. The first-order valence-electron chi connectivity index (χ1n) is 8.54. The zero-order chi connectivity index (χ0) is 15.4. The van der Waals surface area contributed by atoms with Gasteiger partial charge >= 0.3 is 0 Å². The number of carbonyl (C=O) groups excluding carboxylic acids is 1. The van der Waals surface area contributed by atoms with Crippen molar-refractivity contribution in [3.05, 3.63) is 11.7 Å². The van der Waals surface area contributed by atoms with Crippen molar-refractivity contribution in [2.24, 2.45) is 0 Å². The summed E-state index contributed by atoms with van der Waals surface area (Å²) in [5, 5.41) is 4.06. The summed E-state index contributed by atoms with van der Waals surface area (Å²) in [4.78, 5) is 19.1. The minimum absolute atomic E-state index is 0.0756. The van der Waals surface area contributed by atoms with Crippen molar-refractivity contribution in [2.45, 2.75) is 70.4 Å². The van der Waals surface area contributed by atoms with Gasteiger partial charge in [-0.25, -0.2) is 0 Å². The monoisotopic (exact) mass is 307 g/mol. The van der Waals surface area contributed by atoms with Gasteiger partial charge < -0.3 is 14.2 Å². The van der Waals surface area contributed by atoms with E-state index in [2.05, 4.69) is 17.1 Å².